The maximum absolute atomic E-state index is 13.1. The second-order valence-corrected chi connectivity index (χ2v) is 2.65. The van der Waals surface area contributed by atoms with Crippen LogP contribution in [0.3, 0.4) is 0 Å². The zero-order valence-electron chi connectivity index (χ0n) is 7.55. The van der Waals surface area contributed by atoms with Crippen LogP contribution in [-0.4, -0.2) is 6.54 Å². The van der Waals surface area contributed by atoms with Crippen molar-refractivity contribution in [2.24, 2.45) is 5.73 Å². The first-order valence-corrected chi connectivity index (χ1v) is 4.16. The smallest absolute Gasteiger partial charge is 0.138 e. The highest BCUT2D eigenvalue weighted by atomic mass is 19.1. The first-order chi connectivity index (χ1) is 6.77. The van der Waals surface area contributed by atoms with E-state index in [1.807, 2.05) is 6.07 Å². The van der Waals surface area contributed by atoms with E-state index in [4.69, 9.17) is 11.0 Å². The zero-order valence-corrected chi connectivity index (χ0v) is 7.55. The molecule has 0 bridgehead atoms. The van der Waals surface area contributed by atoms with Gasteiger partial charge in [0.15, 0.2) is 0 Å². The highest BCUT2D eigenvalue weighted by Gasteiger charge is 1.99. The second kappa shape index (κ2) is 5.01. The average molecular weight is 188 g/mol. The number of rotatable bonds is 1. The van der Waals surface area contributed by atoms with Crippen LogP contribution in [-0.2, 0) is 0 Å². The van der Waals surface area contributed by atoms with E-state index in [1.54, 1.807) is 0 Å². The first kappa shape index (κ1) is 10.2. The molecule has 14 heavy (non-hydrogen) atoms. The number of nitrogens with two attached hydrogens (primary N) is 1. The summed E-state index contributed by atoms with van der Waals surface area (Å²) in [6.07, 6.45) is 0.524. The molecule has 0 heterocycles. The summed E-state index contributed by atoms with van der Waals surface area (Å²) in [7, 11) is 0. The third-order valence-corrected chi connectivity index (χ3v) is 1.59. The summed E-state index contributed by atoms with van der Waals surface area (Å²) < 4.78 is 13.1. The second-order valence-electron chi connectivity index (χ2n) is 2.65. The van der Waals surface area contributed by atoms with Crippen LogP contribution in [0.2, 0.25) is 0 Å². The normalized spacial score (nSPS) is 8.64. The van der Waals surface area contributed by atoms with Crippen LogP contribution in [0.4, 0.5) is 4.39 Å². The molecule has 0 saturated heterocycles. The van der Waals surface area contributed by atoms with E-state index in [-0.39, 0.29) is 5.56 Å². The van der Waals surface area contributed by atoms with E-state index in [0.29, 0.717) is 18.5 Å². The Bertz CT molecular complexity index is 421. The lowest BCUT2D eigenvalue weighted by atomic mass is 10.1. The van der Waals surface area contributed by atoms with Gasteiger partial charge in [0.1, 0.15) is 5.82 Å². The minimum atomic E-state index is -0.409. The standard InChI is InChI=1S/C11H9FN2/c12-11-5-4-9(8-14)7-10(11)3-1-2-6-13/h4-5,7H,2,6,13H2. The van der Waals surface area contributed by atoms with Gasteiger partial charge in [-0.05, 0) is 18.2 Å². The summed E-state index contributed by atoms with van der Waals surface area (Å²) in [5.41, 5.74) is 5.89. The monoisotopic (exact) mass is 188 g/mol. The summed E-state index contributed by atoms with van der Waals surface area (Å²) in [5.74, 6) is 4.94. The predicted octanol–water partition coefficient (Wildman–Crippen LogP) is 1.40. The fraction of sp³-hybridized carbons (Fsp3) is 0.182. The van der Waals surface area contributed by atoms with Gasteiger partial charge < -0.3 is 5.73 Å². The van der Waals surface area contributed by atoms with E-state index in [2.05, 4.69) is 11.8 Å². The molecule has 1 rings (SSSR count). The summed E-state index contributed by atoms with van der Waals surface area (Å²) in [6.45, 7) is 0.451. The van der Waals surface area contributed by atoms with E-state index in [9.17, 15) is 4.39 Å². The number of hydrogen-bond donors (Lipinski definition) is 1. The van der Waals surface area contributed by atoms with Crippen molar-refractivity contribution in [3.63, 3.8) is 0 Å². The Morgan fingerprint density at radius 1 is 1.43 bits per heavy atom. The number of halogens is 1. The molecule has 0 aliphatic carbocycles. The Hall–Kier alpha value is -1.84. The quantitative estimate of drug-likeness (QED) is 0.677. The van der Waals surface area contributed by atoms with Crippen LogP contribution in [0.25, 0.3) is 0 Å². The summed E-state index contributed by atoms with van der Waals surface area (Å²) >= 11 is 0. The summed E-state index contributed by atoms with van der Waals surface area (Å²) in [4.78, 5) is 0. The molecule has 1 aromatic rings. The van der Waals surface area contributed by atoms with Gasteiger partial charge >= 0.3 is 0 Å². The van der Waals surface area contributed by atoms with Crippen molar-refractivity contribution >= 4 is 0 Å². The highest BCUT2D eigenvalue weighted by Crippen LogP contribution is 2.08. The summed E-state index contributed by atoms with van der Waals surface area (Å²) in [5, 5.41) is 8.58. The van der Waals surface area contributed by atoms with E-state index in [0.717, 1.165) is 0 Å². The van der Waals surface area contributed by atoms with Gasteiger partial charge in [0, 0.05) is 13.0 Å². The molecule has 0 unspecified atom stereocenters. The molecule has 0 fully saturated rings. The Balaban J connectivity index is 2.98. The van der Waals surface area contributed by atoms with Crippen LogP contribution in [0.5, 0.6) is 0 Å². The SMILES string of the molecule is N#Cc1ccc(F)c(C#CCCN)c1. The molecule has 2 N–H and O–H groups in total. The third-order valence-electron chi connectivity index (χ3n) is 1.59. The van der Waals surface area contributed by atoms with Crippen LogP contribution in [0, 0.1) is 29.0 Å². The number of nitriles is 1. The van der Waals surface area contributed by atoms with Gasteiger partial charge in [-0.15, -0.1) is 0 Å². The maximum Gasteiger partial charge on any atom is 0.138 e. The van der Waals surface area contributed by atoms with Crippen molar-refractivity contribution in [1.29, 1.82) is 5.26 Å². The van der Waals surface area contributed by atoms with Crippen LogP contribution in [0.15, 0.2) is 18.2 Å². The lowest BCUT2D eigenvalue weighted by Crippen LogP contribution is -1.95. The number of hydrogen-bond acceptors (Lipinski definition) is 2. The lowest BCUT2D eigenvalue weighted by molar-refractivity contribution is 0.624. The van der Waals surface area contributed by atoms with Crippen LogP contribution in [0.1, 0.15) is 17.5 Å². The molecule has 70 valence electrons. The van der Waals surface area contributed by atoms with E-state index in [1.165, 1.54) is 18.2 Å². The Labute approximate surface area is 82.2 Å². The summed E-state index contributed by atoms with van der Waals surface area (Å²) in [6, 6.07) is 6.02. The molecule has 1 aromatic carbocycles. The zero-order chi connectivity index (χ0) is 10.4. The Morgan fingerprint density at radius 3 is 2.86 bits per heavy atom. The highest BCUT2D eigenvalue weighted by molar-refractivity contribution is 5.42. The minimum absolute atomic E-state index is 0.248. The van der Waals surface area contributed by atoms with Crippen molar-refractivity contribution in [1.82, 2.24) is 0 Å². The molecule has 0 aliphatic heterocycles. The van der Waals surface area contributed by atoms with Crippen molar-refractivity contribution in [2.75, 3.05) is 6.54 Å². The molecular formula is C11H9FN2. The predicted molar refractivity (Wildman–Crippen MR) is 51.7 cm³/mol. The molecule has 0 radical (unpaired) electrons. The Morgan fingerprint density at radius 2 is 2.21 bits per heavy atom. The molecular weight excluding hydrogens is 179 g/mol. The van der Waals surface area contributed by atoms with Gasteiger partial charge in [-0.2, -0.15) is 5.26 Å². The molecule has 0 amide bonds. The fourth-order valence-electron chi connectivity index (χ4n) is 0.921. The molecule has 0 aliphatic rings. The molecule has 0 spiro atoms. The van der Waals surface area contributed by atoms with E-state index < -0.39 is 5.82 Å². The largest absolute Gasteiger partial charge is 0.330 e. The first-order valence-electron chi connectivity index (χ1n) is 4.16. The molecule has 2 nitrogen and oxygen atoms in total. The van der Waals surface area contributed by atoms with Gasteiger partial charge in [-0.3, -0.25) is 0 Å². The lowest BCUT2D eigenvalue weighted by Gasteiger charge is -1.94. The van der Waals surface area contributed by atoms with Crippen LogP contribution >= 0.6 is 0 Å². The van der Waals surface area contributed by atoms with Gasteiger partial charge in [0.2, 0.25) is 0 Å². The van der Waals surface area contributed by atoms with Crippen molar-refractivity contribution in [3.8, 4) is 17.9 Å². The van der Waals surface area contributed by atoms with Crippen molar-refractivity contribution in [3.05, 3.63) is 35.1 Å². The average Bonchev–Trinajstić information content (AvgIpc) is 2.21. The molecule has 3 heteroatoms. The topological polar surface area (TPSA) is 49.8 Å². The molecule has 0 aromatic heterocycles. The van der Waals surface area contributed by atoms with Gasteiger partial charge in [-0.1, -0.05) is 11.8 Å². The minimum Gasteiger partial charge on any atom is -0.330 e. The molecule has 0 atom stereocenters. The van der Waals surface area contributed by atoms with E-state index >= 15 is 0 Å². The number of benzene rings is 1. The van der Waals surface area contributed by atoms with Crippen LogP contribution < -0.4 is 5.73 Å². The van der Waals surface area contributed by atoms with Crippen molar-refractivity contribution in [2.45, 2.75) is 6.42 Å². The van der Waals surface area contributed by atoms with Gasteiger partial charge in [-0.25, -0.2) is 4.39 Å². The third kappa shape index (κ3) is 2.58. The maximum atomic E-state index is 13.1. The molecule has 0 saturated carbocycles. The van der Waals surface area contributed by atoms with Gasteiger partial charge in [0.25, 0.3) is 0 Å². The fourth-order valence-corrected chi connectivity index (χ4v) is 0.921. The van der Waals surface area contributed by atoms with Gasteiger partial charge in [0.05, 0.1) is 17.2 Å². The Kier molecular flexibility index (Phi) is 3.67. The number of nitrogens with zero attached hydrogens (tertiary/aromatic N) is 1. The van der Waals surface area contributed by atoms with Crippen molar-refractivity contribution < 1.29 is 4.39 Å².